The molecule has 130 valence electrons. The molecule has 25 heavy (non-hydrogen) atoms. The number of nitrogens with zero attached hydrogens (tertiary/aromatic N) is 3. The number of halogens is 1. The first-order chi connectivity index (χ1) is 12.1. The van der Waals surface area contributed by atoms with Gasteiger partial charge in [-0.15, -0.1) is 5.10 Å². The number of rotatable bonds is 7. The maximum atomic E-state index is 12.1. The summed E-state index contributed by atoms with van der Waals surface area (Å²) in [5.74, 6) is 0.318. The van der Waals surface area contributed by atoms with Crippen LogP contribution >= 0.6 is 15.9 Å². The summed E-state index contributed by atoms with van der Waals surface area (Å²) >= 11 is 3.35. The first kappa shape index (κ1) is 18.9. The molecule has 0 unspecified atom stereocenters. The van der Waals surface area contributed by atoms with Crippen molar-refractivity contribution in [2.24, 2.45) is 0 Å². The molecular weight excluding hydrogens is 382 g/mol. The third-order valence-electron chi connectivity index (χ3n) is 3.75. The SMILES string of the molecule is CCc1nnc(NCCNC(=O)c2cccc(Br)c2)c(C#N)c1CC. The number of aromatic nitrogens is 2. The Morgan fingerprint density at radius 2 is 2.04 bits per heavy atom. The lowest BCUT2D eigenvalue weighted by molar-refractivity contribution is 0.0955. The maximum absolute atomic E-state index is 12.1. The van der Waals surface area contributed by atoms with E-state index in [9.17, 15) is 10.1 Å². The highest BCUT2D eigenvalue weighted by Gasteiger charge is 2.14. The van der Waals surface area contributed by atoms with E-state index in [1.807, 2.05) is 26.0 Å². The van der Waals surface area contributed by atoms with E-state index in [1.165, 1.54) is 0 Å². The van der Waals surface area contributed by atoms with Crippen molar-refractivity contribution in [2.75, 3.05) is 18.4 Å². The zero-order chi connectivity index (χ0) is 18.2. The second-order valence-corrected chi connectivity index (χ2v) is 6.28. The minimum absolute atomic E-state index is 0.148. The van der Waals surface area contributed by atoms with E-state index in [-0.39, 0.29) is 5.91 Å². The second-order valence-electron chi connectivity index (χ2n) is 5.36. The highest BCUT2D eigenvalue weighted by molar-refractivity contribution is 9.10. The summed E-state index contributed by atoms with van der Waals surface area (Å²) in [4.78, 5) is 12.1. The molecule has 0 saturated heterocycles. The van der Waals surface area contributed by atoms with E-state index in [4.69, 9.17) is 0 Å². The van der Waals surface area contributed by atoms with Gasteiger partial charge in [-0.05, 0) is 36.6 Å². The number of hydrogen-bond acceptors (Lipinski definition) is 5. The molecule has 0 atom stereocenters. The fraction of sp³-hybridized carbons (Fsp3) is 0.333. The van der Waals surface area contributed by atoms with Crippen LogP contribution in [0.3, 0.4) is 0 Å². The average molecular weight is 402 g/mol. The van der Waals surface area contributed by atoms with Crippen LogP contribution < -0.4 is 10.6 Å². The van der Waals surface area contributed by atoms with Gasteiger partial charge in [0.1, 0.15) is 11.6 Å². The monoisotopic (exact) mass is 401 g/mol. The number of amides is 1. The molecule has 1 heterocycles. The Morgan fingerprint density at radius 1 is 1.24 bits per heavy atom. The van der Waals surface area contributed by atoms with Crippen molar-refractivity contribution in [1.29, 1.82) is 5.26 Å². The van der Waals surface area contributed by atoms with Crippen molar-refractivity contribution in [3.8, 4) is 6.07 Å². The normalized spacial score (nSPS) is 10.2. The predicted octanol–water partition coefficient (Wildman–Crippen LogP) is 3.08. The number of hydrogen-bond donors (Lipinski definition) is 2. The summed E-state index contributed by atoms with van der Waals surface area (Å²) in [7, 11) is 0. The van der Waals surface area contributed by atoms with Crippen molar-refractivity contribution < 1.29 is 4.79 Å². The summed E-state index contributed by atoms with van der Waals surface area (Å²) in [6, 6.07) is 9.41. The van der Waals surface area contributed by atoms with Crippen LogP contribution in [0.15, 0.2) is 28.7 Å². The van der Waals surface area contributed by atoms with Crippen molar-refractivity contribution in [2.45, 2.75) is 26.7 Å². The fourth-order valence-corrected chi connectivity index (χ4v) is 2.90. The van der Waals surface area contributed by atoms with Crippen molar-refractivity contribution in [1.82, 2.24) is 15.5 Å². The van der Waals surface area contributed by atoms with E-state index >= 15 is 0 Å². The van der Waals surface area contributed by atoms with Crippen LogP contribution in [0, 0.1) is 11.3 Å². The minimum atomic E-state index is -0.148. The number of nitrogens with one attached hydrogen (secondary N) is 2. The molecule has 0 saturated carbocycles. The Morgan fingerprint density at radius 3 is 2.68 bits per heavy atom. The highest BCUT2D eigenvalue weighted by atomic mass is 79.9. The largest absolute Gasteiger partial charge is 0.366 e. The second kappa shape index (κ2) is 9.14. The zero-order valence-electron chi connectivity index (χ0n) is 14.3. The van der Waals surface area contributed by atoms with Gasteiger partial charge in [0.25, 0.3) is 5.91 Å². The van der Waals surface area contributed by atoms with E-state index in [0.29, 0.717) is 30.0 Å². The maximum Gasteiger partial charge on any atom is 0.251 e. The van der Waals surface area contributed by atoms with Crippen LogP contribution in [0.1, 0.15) is 41.0 Å². The highest BCUT2D eigenvalue weighted by Crippen LogP contribution is 2.19. The number of nitriles is 1. The number of aryl methyl sites for hydroxylation is 1. The van der Waals surface area contributed by atoms with Crippen LogP contribution in [-0.2, 0) is 12.8 Å². The number of anilines is 1. The van der Waals surface area contributed by atoms with E-state index in [1.54, 1.807) is 12.1 Å². The lowest BCUT2D eigenvalue weighted by Gasteiger charge is -2.12. The van der Waals surface area contributed by atoms with E-state index in [0.717, 1.165) is 28.6 Å². The topological polar surface area (TPSA) is 90.7 Å². The van der Waals surface area contributed by atoms with E-state index < -0.39 is 0 Å². The lowest BCUT2D eigenvalue weighted by Crippen LogP contribution is -2.29. The van der Waals surface area contributed by atoms with Crippen LogP contribution in [0.4, 0.5) is 5.82 Å². The van der Waals surface area contributed by atoms with Gasteiger partial charge in [-0.3, -0.25) is 4.79 Å². The molecule has 0 aliphatic heterocycles. The molecule has 7 heteroatoms. The standard InChI is InChI=1S/C18H20BrN5O/c1-3-14-15(11-20)17(24-23-16(14)4-2)21-8-9-22-18(25)12-6-5-7-13(19)10-12/h5-7,10H,3-4,8-9H2,1-2H3,(H,21,24)(H,22,25). The molecule has 1 amide bonds. The van der Waals surface area contributed by atoms with Gasteiger partial charge in [0.15, 0.2) is 5.82 Å². The van der Waals surface area contributed by atoms with Gasteiger partial charge in [-0.1, -0.05) is 35.8 Å². The van der Waals surface area contributed by atoms with Gasteiger partial charge in [0.2, 0.25) is 0 Å². The van der Waals surface area contributed by atoms with Crippen molar-refractivity contribution in [3.63, 3.8) is 0 Å². The first-order valence-electron chi connectivity index (χ1n) is 8.16. The fourth-order valence-electron chi connectivity index (χ4n) is 2.51. The molecule has 0 fully saturated rings. The third-order valence-corrected chi connectivity index (χ3v) is 4.24. The first-order valence-corrected chi connectivity index (χ1v) is 8.96. The Hall–Kier alpha value is -2.46. The minimum Gasteiger partial charge on any atom is -0.366 e. The smallest absolute Gasteiger partial charge is 0.251 e. The van der Waals surface area contributed by atoms with Crippen LogP contribution in [0.25, 0.3) is 0 Å². The van der Waals surface area contributed by atoms with E-state index in [2.05, 4.69) is 42.8 Å². The summed E-state index contributed by atoms with van der Waals surface area (Å²) < 4.78 is 0.857. The predicted molar refractivity (Wildman–Crippen MR) is 100 cm³/mol. The van der Waals surface area contributed by atoms with Gasteiger partial charge in [0.05, 0.1) is 5.69 Å². The number of carbonyl (C=O) groups is 1. The molecule has 0 spiro atoms. The van der Waals surface area contributed by atoms with Gasteiger partial charge in [-0.2, -0.15) is 10.4 Å². The van der Waals surface area contributed by atoms with Gasteiger partial charge in [0, 0.05) is 23.1 Å². The molecular formula is C18H20BrN5O. The molecule has 2 aromatic rings. The molecule has 6 nitrogen and oxygen atoms in total. The quantitative estimate of drug-likeness (QED) is 0.695. The summed E-state index contributed by atoms with van der Waals surface area (Å²) in [5, 5.41) is 23.7. The van der Waals surface area contributed by atoms with Gasteiger partial charge in [-0.25, -0.2) is 0 Å². The summed E-state index contributed by atoms with van der Waals surface area (Å²) in [6.07, 6.45) is 1.48. The van der Waals surface area contributed by atoms with Gasteiger partial charge < -0.3 is 10.6 Å². The molecule has 2 N–H and O–H groups in total. The van der Waals surface area contributed by atoms with Crippen LogP contribution in [-0.4, -0.2) is 29.2 Å². The Labute approximate surface area is 155 Å². The van der Waals surface area contributed by atoms with Gasteiger partial charge >= 0.3 is 0 Å². The average Bonchev–Trinajstić information content (AvgIpc) is 2.64. The molecule has 1 aromatic carbocycles. The molecule has 1 aromatic heterocycles. The van der Waals surface area contributed by atoms with Crippen LogP contribution in [0.5, 0.6) is 0 Å². The Bertz CT molecular complexity index is 801. The number of carbonyl (C=O) groups excluding carboxylic acids is 1. The Kier molecular flexibility index (Phi) is 6.90. The molecule has 0 radical (unpaired) electrons. The van der Waals surface area contributed by atoms with Crippen LogP contribution in [0.2, 0.25) is 0 Å². The van der Waals surface area contributed by atoms with Crippen molar-refractivity contribution in [3.05, 3.63) is 51.1 Å². The zero-order valence-corrected chi connectivity index (χ0v) is 15.9. The summed E-state index contributed by atoms with van der Waals surface area (Å²) in [5.41, 5.74) is 2.91. The molecule has 0 bridgehead atoms. The molecule has 0 aliphatic rings. The third kappa shape index (κ3) is 4.77. The summed E-state index contributed by atoms with van der Waals surface area (Å²) in [6.45, 7) is 4.86. The number of benzene rings is 1. The Balaban J connectivity index is 1.96. The molecule has 2 rings (SSSR count). The lowest BCUT2D eigenvalue weighted by atomic mass is 10.0. The van der Waals surface area contributed by atoms with Crippen molar-refractivity contribution >= 4 is 27.7 Å². The molecule has 0 aliphatic carbocycles.